The number of rotatable bonds is 3. The minimum absolute atomic E-state index is 0.518. The van der Waals surface area contributed by atoms with E-state index < -0.39 is 0 Å². The van der Waals surface area contributed by atoms with E-state index in [0.29, 0.717) is 11.0 Å². The summed E-state index contributed by atoms with van der Waals surface area (Å²) in [5.74, 6) is 0.518. The van der Waals surface area contributed by atoms with Crippen molar-refractivity contribution in [1.29, 1.82) is 0 Å². The highest BCUT2D eigenvalue weighted by Gasteiger charge is 2.10. The van der Waals surface area contributed by atoms with Gasteiger partial charge in [0.25, 0.3) is 0 Å². The van der Waals surface area contributed by atoms with Crippen molar-refractivity contribution in [3.63, 3.8) is 0 Å². The highest BCUT2D eigenvalue weighted by molar-refractivity contribution is 6.35. The van der Waals surface area contributed by atoms with E-state index in [1.165, 1.54) is 0 Å². The number of halogens is 1. The number of hydrogen-bond acceptors (Lipinski definition) is 3. The minimum Gasteiger partial charge on any atom is -0.369 e. The number of nitrogens with zero attached hydrogens (tertiary/aromatic N) is 3. The van der Waals surface area contributed by atoms with Gasteiger partial charge >= 0.3 is 0 Å². The average molecular weight is 239 g/mol. The Morgan fingerprint density at radius 1 is 1.44 bits per heavy atom. The topological polar surface area (TPSA) is 47.1 Å². The van der Waals surface area contributed by atoms with E-state index in [9.17, 15) is 0 Å². The molecule has 1 aromatic carbocycles. The molecule has 2 aromatic rings. The maximum atomic E-state index is 6.06. The number of fused-ring (bicyclic) bond motifs is 1. The molecule has 1 aromatic heterocycles. The summed E-state index contributed by atoms with van der Waals surface area (Å²) in [7, 11) is 4.06. The van der Waals surface area contributed by atoms with Crippen molar-refractivity contribution in [2.24, 2.45) is 0 Å². The van der Waals surface area contributed by atoms with Gasteiger partial charge in [0.05, 0.1) is 10.5 Å². The number of aromatic nitrogens is 2. The number of nitrogen functional groups attached to an aromatic ring is 1. The van der Waals surface area contributed by atoms with Crippen LogP contribution in [-0.4, -0.2) is 35.1 Å². The monoisotopic (exact) mass is 238 g/mol. The molecule has 0 saturated carbocycles. The first-order valence-corrected chi connectivity index (χ1v) is 5.52. The number of imidazole rings is 1. The molecule has 16 heavy (non-hydrogen) atoms. The lowest BCUT2D eigenvalue weighted by Crippen LogP contribution is -2.19. The van der Waals surface area contributed by atoms with Crippen LogP contribution in [0.3, 0.4) is 0 Å². The number of likely N-dealkylation sites (N-methyl/N-ethyl adjacent to an activating group) is 1. The van der Waals surface area contributed by atoms with Gasteiger partial charge in [-0.15, -0.1) is 0 Å². The first kappa shape index (κ1) is 11.2. The van der Waals surface area contributed by atoms with Crippen LogP contribution in [0.25, 0.3) is 11.0 Å². The quantitative estimate of drug-likeness (QED) is 0.888. The molecule has 0 bridgehead atoms. The second kappa shape index (κ2) is 4.31. The van der Waals surface area contributed by atoms with Crippen LogP contribution in [0.2, 0.25) is 5.02 Å². The Bertz CT molecular complexity index is 504. The SMILES string of the molecule is CN(C)CCn1c(N)nc2c(Cl)cccc21. The first-order chi connectivity index (χ1) is 7.59. The molecule has 0 fully saturated rings. The summed E-state index contributed by atoms with van der Waals surface area (Å²) in [6.07, 6.45) is 0. The normalized spacial score (nSPS) is 11.5. The van der Waals surface area contributed by atoms with Gasteiger partial charge in [-0.1, -0.05) is 17.7 Å². The summed E-state index contributed by atoms with van der Waals surface area (Å²) in [6.45, 7) is 1.73. The van der Waals surface area contributed by atoms with E-state index in [2.05, 4.69) is 9.88 Å². The summed E-state index contributed by atoms with van der Waals surface area (Å²) in [4.78, 5) is 6.39. The van der Waals surface area contributed by atoms with Crippen LogP contribution in [0.15, 0.2) is 18.2 Å². The molecule has 2 rings (SSSR count). The molecule has 86 valence electrons. The van der Waals surface area contributed by atoms with Crippen LogP contribution < -0.4 is 5.73 Å². The average Bonchev–Trinajstić information content (AvgIpc) is 2.53. The second-order valence-corrected chi connectivity index (χ2v) is 4.44. The molecule has 0 aliphatic heterocycles. The van der Waals surface area contributed by atoms with Gasteiger partial charge in [-0.25, -0.2) is 4.98 Å². The van der Waals surface area contributed by atoms with E-state index >= 15 is 0 Å². The van der Waals surface area contributed by atoms with Gasteiger partial charge in [0, 0.05) is 13.1 Å². The Balaban J connectivity index is 2.44. The third-order valence-electron chi connectivity index (χ3n) is 2.53. The van der Waals surface area contributed by atoms with Crippen molar-refractivity contribution in [2.75, 3.05) is 26.4 Å². The van der Waals surface area contributed by atoms with Crippen LogP contribution >= 0.6 is 11.6 Å². The van der Waals surface area contributed by atoms with Crippen molar-refractivity contribution in [1.82, 2.24) is 14.5 Å². The van der Waals surface area contributed by atoms with Gasteiger partial charge in [-0.3, -0.25) is 0 Å². The number of benzene rings is 1. The molecule has 1 heterocycles. The number of anilines is 1. The highest BCUT2D eigenvalue weighted by atomic mass is 35.5. The molecule has 0 amide bonds. The summed E-state index contributed by atoms with van der Waals surface area (Å²) in [5.41, 5.74) is 7.65. The molecule has 0 spiro atoms. The number of hydrogen-bond donors (Lipinski definition) is 1. The Morgan fingerprint density at radius 2 is 2.19 bits per heavy atom. The van der Waals surface area contributed by atoms with Crippen LogP contribution in [-0.2, 0) is 6.54 Å². The lowest BCUT2D eigenvalue weighted by molar-refractivity contribution is 0.387. The van der Waals surface area contributed by atoms with Crippen LogP contribution in [0.4, 0.5) is 5.95 Å². The Kier molecular flexibility index (Phi) is 3.03. The summed E-state index contributed by atoms with van der Waals surface area (Å²) in [6, 6.07) is 5.73. The zero-order chi connectivity index (χ0) is 11.7. The zero-order valence-electron chi connectivity index (χ0n) is 9.44. The van der Waals surface area contributed by atoms with E-state index in [1.54, 1.807) is 0 Å². The van der Waals surface area contributed by atoms with Crippen molar-refractivity contribution in [3.8, 4) is 0 Å². The first-order valence-electron chi connectivity index (χ1n) is 5.14. The Hall–Kier alpha value is -1.26. The van der Waals surface area contributed by atoms with Crippen LogP contribution in [0.5, 0.6) is 0 Å². The maximum Gasteiger partial charge on any atom is 0.201 e. The molecule has 5 heteroatoms. The lowest BCUT2D eigenvalue weighted by atomic mass is 10.3. The third-order valence-corrected chi connectivity index (χ3v) is 2.83. The fraction of sp³-hybridized carbons (Fsp3) is 0.364. The molecule has 0 saturated heterocycles. The maximum absolute atomic E-state index is 6.06. The van der Waals surface area contributed by atoms with Crippen LogP contribution in [0.1, 0.15) is 0 Å². The number of nitrogens with two attached hydrogens (primary N) is 1. The Morgan fingerprint density at radius 3 is 2.88 bits per heavy atom. The van der Waals surface area contributed by atoms with E-state index in [0.717, 1.165) is 24.1 Å². The minimum atomic E-state index is 0.518. The van der Waals surface area contributed by atoms with Gasteiger partial charge in [0.15, 0.2) is 0 Å². The van der Waals surface area contributed by atoms with Gasteiger partial charge < -0.3 is 15.2 Å². The van der Waals surface area contributed by atoms with E-state index in [4.69, 9.17) is 17.3 Å². The molecule has 2 N–H and O–H groups in total. The van der Waals surface area contributed by atoms with Crippen LogP contribution in [0, 0.1) is 0 Å². The van der Waals surface area contributed by atoms with E-state index in [-0.39, 0.29) is 0 Å². The molecular weight excluding hydrogens is 224 g/mol. The molecule has 0 atom stereocenters. The number of para-hydroxylation sites is 1. The predicted octanol–water partition coefficient (Wildman–Crippen LogP) is 1.83. The molecule has 0 unspecified atom stereocenters. The second-order valence-electron chi connectivity index (χ2n) is 4.03. The molecule has 0 aliphatic carbocycles. The molecule has 4 nitrogen and oxygen atoms in total. The standard InChI is InChI=1S/C11H15ClN4/c1-15(2)6-7-16-9-5-3-4-8(12)10(9)14-11(16)13/h3-5H,6-7H2,1-2H3,(H2,13,14). The van der Waals surface area contributed by atoms with Crippen molar-refractivity contribution in [2.45, 2.75) is 6.54 Å². The fourth-order valence-electron chi connectivity index (χ4n) is 1.67. The lowest BCUT2D eigenvalue weighted by Gasteiger charge is -2.11. The van der Waals surface area contributed by atoms with Gasteiger partial charge in [0.2, 0.25) is 5.95 Å². The summed E-state index contributed by atoms with van der Waals surface area (Å²) < 4.78 is 1.99. The van der Waals surface area contributed by atoms with E-state index in [1.807, 2.05) is 36.9 Å². The van der Waals surface area contributed by atoms with Crippen molar-refractivity contribution < 1.29 is 0 Å². The molecular formula is C11H15ClN4. The molecule has 0 aliphatic rings. The fourth-order valence-corrected chi connectivity index (χ4v) is 1.88. The van der Waals surface area contributed by atoms with Crippen molar-refractivity contribution in [3.05, 3.63) is 23.2 Å². The van der Waals surface area contributed by atoms with Gasteiger partial charge in [0.1, 0.15) is 5.52 Å². The predicted molar refractivity (Wildman–Crippen MR) is 67.7 cm³/mol. The largest absolute Gasteiger partial charge is 0.369 e. The zero-order valence-corrected chi connectivity index (χ0v) is 10.2. The van der Waals surface area contributed by atoms with Crippen molar-refractivity contribution >= 4 is 28.6 Å². The summed E-state index contributed by atoms with van der Waals surface area (Å²) >= 11 is 6.06. The van der Waals surface area contributed by atoms with Gasteiger partial charge in [-0.05, 0) is 26.2 Å². The molecule has 0 radical (unpaired) electrons. The summed E-state index contributed by atoms with van der Waals surface area (Å²) in [5, 5.41) is 0.646. The highest BCUT2D eigenvalue weighted by Crippen LogP contribution is 2.24. The smallest absolute Gasteiger partial charge is 0.201 e. The Labute approximate surface area is 99.6 Å². The van der Waals surface area contributed by atoms with Gasteiger partial charge in [-0.2, -0.15) is 0 Å². The third kappa shape index (κ3) is 1.99.